The lowest BCUT2D eigenvalue weighted by atomic mass is 10.1. The number of hydrogen-bond acceptors (Lipinski definition) is 7. The van der Waals surface area contributed by atoms with Crippen LogP contribution >= 0.6 is 0 Å². The van der Waals surface area contributed by atoms with Crippen molar-refractivity contribution < 1.29 is 19.1 Å². The van der Waals surface area contributed by atoms with Gasteiger partial charge in [0.15, 0.2) is 0 Å². The molecule has 2 aromatic rings. The fourth-order valence-electron chi connectivity index (χ4n) is 2.65. The van der Waals surface area contributed by atoms with Gasteiger partial charge in [0.1, 0.15) is 24.3 Å². The van der Waals surface area contributed by atoms with Gasteiger partial charge in [0.25, 0.3) is 0 Å². The Hall–Kier alpha value is -4.10. The van der Waals surface area contributed by atoms with Crippen LogP contribution in [0.1, 0.15) is 31.8 Å². The van der Waals surface area contributed by atoms with Crippen molar-refractivity contribution >= 4 is 23.7 Å². The number of aryl methyl sites for hydroxylation is 1. The van der Waals surface area contributed by atoms with Gasteiger partial charge < -0.3 is 14.4 Å². The van der Waals surface area contributed by atoms with Crippen molar-refractivity contribution in [1.29, 1.82) is 10.5 Å². The lowest BCUT2D eigenvalue weighted by Crippen LogP contribution is -2.24. The molecular formula is C23H21N3O4. The van der Waals surface area contributed by atoms with Crippen LogP contribution in [-0.2, 0) is 9.47 Å². The van der Waals surface area contributed by atoms with Crippen LogP contribution in [0.3, 0.4) is 0 Å². The van der Waals surface area contributed by atoms with Crippen LogP contribution in [0.2, 0.25) is 0 Å². The maximum Gasteiger partial charge on any atom is 0.338 e. The molecule has 0 fully saturated rings. The summed E-state index contributed by atoms with van der Waals surface area (Å²) < 4.78 is 9.93. The molecule has 30 heavy (non-hydrogen) atoms. The number of nitrogens with zero attached hydrogens (tertiary/aromatic N) is 3. The summed E-state index contributed by atoms with van der Waals surface area (Å²) in [6, 6.07) is 15.4. The summed E-state index contributed by atoms with van der Waals surface area (Å²) in [7, 11) is 3.17. The van der Waals surface area contributed by atoms with Crippen molar-refractivity contribution in [2.45, 2.75) is 6.92 Å². The van der Waals surface area contributed by atoms with E-state index in [2.05, 4.69) is 4.74 Å². The number of nitriles is 2. The minimum atomic E-state index is -0.475. The number of benzene rings is 2. The molecule has 0 bridgehead atoms. The second kappa shape index (κ2) is 10.4. The smallest absolute Gasteiger partial charge is 0.338 e. The van der Waals surface area contributed by atoms with Crippen LogP contribution in [-0.4, -0.2) is 39.2 Å². The van der Waals surface area contributed by atoms with Gasteiger partial charge in [0, 0.05) is 12.7 Å². The lowest BCUT2D eigenvalue weighted by molar-refractivity contribution is 0.0513. The van der Waals surface area contributed by atoms with E-state index < -0.39 is 11.9 Å². The fourth-order valence-corrected chi connectivity index (χ4v) is 2.65. The van der Waals surface area contributed by atoms with Crippen LogP contribution in [0.15, 0.2) is 48.0 Å². The standard InChI is InChI=1S/C23H21N3O4/c1-16-12-21(9-8-20(16)13-17(14-24)15-25)26(2)10-11-30-23(28)19-6-4-18(5-7-19)22(27)29-3/h4-9,12-13H,10-11H2,1-3H3. The minimum Gasteiger partial charge on any atom is -0.465 e. The highest BCUT2D eigenvalue weighted by Gasteiger charge is 2.11. The number of carbonyl (C=O) groups excluding carboxylic acids is 2. The average molecular weight is 403 g/mol. The molecule has 0 atom stereocenters. The van der Waals surface area contributed by atoms with E-state index in [1.54, 1.807) is 6.08 Å². The largest absolute Gasteiger partial charge is 0.465 e. The summed E-state index contributed by atoms with van der Waals surface area (Å²) in [5.74, 6) is -0.943. The van der Waals surface area contributed by atoms with Crippen molar-refractivity contribution in [3.63, 3.8) is 0 Å². The maximum atomic E-state index is 12.2. The highest BCUT2D eigenvalue weighted by atomic mass is 16.5. The summed E-state index contributed by atoms with van der Waals surface area (Å²) in [5, 5.41) is 17.8. The molecule has 152 valence electrons. The summed E-state index contributed by atoms with van der Waals surface area (Å²) in [6.07, 6.45) is 1.55. The van der Waals surface area contributed by atoms with Gasteiger partial charge in [-0.15, -0.1) is 0 Å². The predicted octanol–water partition coefficient (Wildman–Crippen LogP) is 3.51. The molecule has 0 N–H and O–H groups in total. The molecule has 0 saturated heterocycles. The van der Waals surface area contributed by atoms with Crippen molar-refractivity contribution in [3.05, 3.63) is 70.3 Å². The van der Waals surface area contributed by atoms with Gasteiger partial charge >= 0.3 is 11.9 Å². The van der Waals surface area contributed by atoms with Crippen molar-refractivity contribution in [2.75, 3.05) is 32.2 Å². The number of allylic oxidation sites excluding steroid dienone is 1. The highest BCUT2D eigenvalue weighted by Crippen LogP contribution is 2.20. The zero-order valence-corrected chi connectivity index (χ0v) is 17.0. The maximum absolute atomic E-state index is 12.2. The third-order valence-electron chi connectivity index (χ3n) is 4.44. The first-order chi connectivity index (χ1) is 14.4. The van der Waals surface area contributed by atoms with E-state index >= 15 is 0 Å². The Kier molecular flexibility index (Phi) is 7.73. The normalized spacial score (nSPS) is 9.63. The van der Waals surface area contributed by atoms with E-state index in [0.29, 0.717) is 17.7 Å². The van der Waals surface area contributed by atoms with Gasteiger partial charge in [-0.3, -0.25) is 0 Å². The molecule has 2 aromatic carbocycles. The SMILES string of the molecule is COC(=O)c1ccc(C(=O)OCCN(C)c2ccc(C=C(C#N)C#N)c(C)c2)cc1. The number of hydrogen-bond donors (Lipinski definition) is 0. The molecule has 0 saturated carbocycles. The van der Waals surface area contributed by atoms with E-state index in [0.717, 1.165) is 16.8 Å². The van der Waals surface area contributed by atoms with Crippen LogP contribution in [0.5, 0.6) is 0 Å². The summed E-state index contributed by atoms with van der Waals surface area (Å²) in [5.41, 5.74) is 3.39. The Labute approximate surface area is 175 Å². The first-order valence-corrected chi connectivity index (χ1v) is 9.08. The Balaban J connectivity index is 1.93. The Morgan fingerprint density at radius 1 is 1.03 bits per heavy atom. The highest BCUT2D eigenvalue weighted by molar-refractivity contribution is 5.93. The van der Waals surface area contributed by atoms with Crippen LogP contribution < -0.4 is 4.90 Å². The second-order valence-electron chi connectivity index (χ2n) is 6.45. The Morgan fingerprint density at radius 2 is 1.63 bits per heavy atom. The number of methoxy groups -OCH3 is 1. The average Bonchev–Trinajstić information content (AvgIpc) is 2.77. The van der Waals surface area contributed by atoms with Gasteiger partial charge in [-0.25, -0.2) is 9.59 Å². The molecule has 0 aliphatic rings. The van der Waals surface area contributed by atoms with Crippen LogP contribution in [0, 0.1) is 29.6 Å². The van der Waals surface area contributed by atoms with E-state index in [1.807, 2.05) is 49.2 Å². The molecular weight excluding hydrogens is 382 g/mol. The van der Waals surface area contributed by atoms with Crippen molar-refractivity contribution in [1.82, 2.24) is 0 Å². The van der Waals surface area contributed by atoms with Gasteiger partial charge in [0.2, 0.25) is 0 Å². The Bertz CT molecular complexity index is 1030. The molecule has 0 unspecified atom stereocenters. The first-order valence-electron chi connectivity index (χ1n) is 9.08. The monoisotopic (exact) mass is 403 g/mol. The number of rotatable bonds is 7. The summed E-state index contributed by atoms with van der Waals surface area (Å²) in [6.45, 7) is 2.55. The molecule has 0 radical (unpaired) electrons. The van der Waals surface area contributed by atoms with E-state index in [4.69, 9.17) is 15.3 Å². The van der Waals surface area contributed by atoms with Gasteiger partial charge in [-0.05, 0) is 60.5 Å². The molecule has 0 spiro atoms. The number of esters is 2. The second-order valence-corrected chi connectivity index (χ2v) is 6.45. The first kappa shape index (κ1) is 22.2. The fraction of sp³-hybridized carbons (Fsp3) is 0.217. The molecule has 0 amide bonds. The third kappa shape index (κ3) is 5.70. The van der Waals surface area contributed by atoms with E-state index in [9.17, 15) is 9.59 Å². The minimum absolute atomic E-state index is 0.0470. The zero-order chi connectivity index (χ0) is 22.1. The van der Waals surface area contributed by atoms with Gasteiger partial charge in [0.05, 0.1) is 24.8 Å². The van der Waals surface area contributed by atoms with Crippen molar-refractivity contribution in [2.24, 2.45) is 0 Å². The van der Waals surface area contributed by atoms with Crippen LogP contribution in [0.4, 0.5) is 5.69 Å². The molecule has 0 heterocycles. The Morgan fingerprint density at radius 3 is 2.17 bits per heavy atom. The molecule has 0 aromatic heterocycles. The molecule has 0 aliphatic heterocycles. The zero-order valence-electron chi connectivity index (χ0n) is 17.0. The quantitative estimate of drug-likeness (QED) is 0.515. The predicted molar refractivity (Wildman–Crippen MR) is 112 cm³/mol. The number of likely N-dealkylation sites (N-methyl/N-ethyl adjacent to an activating group) is 1. The molecule has 2 rings (SSSR count). The summed E-state index contributed by atoms with van der Waals surface area (Å²) >= 11 is 0. The third-order valence-corrected chi connectivity index (χ3v) is 4.44. The van der Waals surface area contributed by atoms with E-state index in [1.165, 1.54) is 31.4 Å². The molecule has 7 nitrogen and oxygen atoms in total. The van der Waals surface area contributed by atoms with Gasteiger partial charge in [-0.1, -0.05) is 6.07 Å². The van der Waals surface area contributed by atoms with Gasteiger partial charge in [-0.2, -0.15) is 10.5 Å². The number of carbonyl (C=O) groups is 2. The molecule has 7 heteroatoms. The lowest BCUT2D eigenvalue weighted by Gasteiger charge is -2.20. The molecule has 0 aliphatic carbocycles. The number of ether oxygens (including phenoxy) is 2. The topological polar surface area (TPSA) is 103 Å². The van der Waals surface area contributed by atoms with E-state index in [-0.39, 0.29) is 12.2 Å². The summed E-state index contributed by atoms with van der Waals surface area (Å²) in [4.78, 5) is 25.5. The van der Waals surface area contributed by atoms with Crippen molar-refractivity contribution in [3.8, 4) is 12.1 Å². The van der Waals surface area contributed by atoms with Crippen LogP contribution in [0.25, 0.3) is 6.08 Å². The number of anilines is 1.